The fourth-order valence-corrected chi connectivity index (χ4v) is 4.13. The SMILES string of the molecule is CNC(=O)Cn1cc(S(=O)(=O)c2ccc(Cl)cc2)c2ccccc21. The lowest BCUT2D eigenvalue weighted by atomic mass is 10.2. The fraction of sp³-hybridized carbons (Fsp3) is 0.118. The lowest BCUT2D eigenvalue weighted by Crippen LogP contribution is -2.23. The van der Waals surface area contributed by atoms with Crippen LogP contribution in [0.1, 0.15) is 0 Å². The first-order valence-corrected chi connectivity index (χ1v) is 9.08. The third-order valence-electron chi connectivity index (χ3n) is 3.76. The summed E-state index contributed by atoms with van der Waals surface area (Å²) in [5, 5.41) is 3.59. The van der Waals surface area contributed by atoms with Crippen LogP contribution in [0, 0.1) is 0 Å². The normalized spacial score (nSPS) is 11.6. The number of benzene rings is 2. The molecule has 0 fully saturated rings. The molecule has 5 nitrogen and oxygen atoms in total. The second-order valence-electron chi connectivity index (χ2n) is 5.27. The van der Waals surface area contributed by atoms with Crippen molar-refractivity contribution >= 4 is 38.2 Å². The minimum atomic E-state index is -3.72. The molecule has 0 aliphatic heterocycles. The minimum Gasteiger partial charge on any atom is -0.358 e. The summed E-state index contributed by atoms with van der Waals surface area (Å²) in [5.74, 6) is -0.203. The number of sulfone groups is 1. The Hall–Kier alpha value is -2.31. The first-order chi connectivity index (χ1) is 11.4. The van der Waals surface area contributed by atoms with Crippen LogP contribution >= 0.6 is 11.6 Å². The average molecular weight is 363 g/mol. The molecule has 1 aromatic heterocycles. The topological polar surface area (TPSA) is 68.2 Å². The first kappa shape index (κ1) is 16.5. The van der Waals surface area contributed by atoms with Crippen molar-refractivity contribution in [1.29, 1.82) is 0 Å². The maximum atomic E-state index is 13.0. The summed E-state index contributed by atoms with van der Waals surface area (Å²) < 4.78 is 27.6. The number of carbonyl (C=O) groups is 1. The van der Waals surface area contributed by atoms with Crippen molar-refractivity contribution in [3.05, 3.63) is 59.8 Å². The second-order valence-corrected chi connectivity index (χ2v) is 7.62. The van der Waals surface area contributed by atoms with E-state index in [0.29, 0.717) is 15.9 Å². The van der Waals surface area contributed by atoms with Crippen molar-refractivity contribution in [2.75, 3.05) is 7.05 Å². The lowest BCUT2D eigenvalue weighted by molar-refractivity contribution is -0.121. The molecular formula is C17H15ClN2O3S. The molecule has 0 spiro atoms. The van der Waals surface area contributed by atoms with Crippen molar-refractivity contribution in [3.63, 3.8) is 0 Å². The summed E-state index contributed by atoms with van der Waals surface area (Å²) in [6.07, 6.45) is 1.50. The van der Waals surface area contributed by atoms with Crippen molar-refractivity contribution in [1.82, 2.24) is 9.88 Å². The highest BCUT2D eigenvalue weighted by atomic mass is 35.5. The van der Waals surface area contributed by atoms with Gasteiger partial charge in [0.05, 0.1) is 9.79 Å². The molecule has 0 saturated carbocycles. The van der Waals surface area contributed by atoms with Gasteiger partial charge in [0.1, 0.15) is 6.54 Å². The van der Waals surface area contributed by atoms with Crippen LogP contribution < -0.4 is 5.32 Å². The van der Waals surface area contributed by atoms with Gasteiger partial charge in [-0.3, -0.25) is 4.79 Å². The molecule has 1 amide bonds. The molecule has 0 bridgehead atoms. The van der Waals surface area contributed by atoms with Crippen LogP contribution in [-0.4, -0.2) is 25.9 Å². The Morgan fingerprint density at radius 3 is 2.46 bits per heavy atom. The van der Waals surface area contributed by atoms with Crippen molar-refractivity contribution in [2.45, 2.75) is 16.3 Å². The van der Waals surface area contributed by atoms with Crippen molar-refractivity contribution < 1.29 is 13.2 Å². The largest absolute Gasteiger partial charge is 0.358 e. The molecule has 0 atom stereocenters. The van der Waals surface area contributed by atoms with Gasteiger partial charge in [0.25, 0.3) is 0 Å². The molecule has 3 aromatic rings. The number of carbonyl (C=O) groups excluding carboxylic acids is 1. The molecule has 0 saturated heterocycles. The van der Waals surface area contributed by atoms with E-state index >= 15 is 0 Å². The molecule has 1 N–H and O–H groups in total. The molecule has 0 aliphatic rings. The number of nitrogens with zero attached hydrogens (tertiary/aromatic N) is 1. The number of fused-ring (bicyclic) bond motifs is 1. The van der Waals surface area contributed by atoms with Gasteiger partial charge in [-0.2, -0.15) is 0 Å². The third-order valence-corrected chi connectivity index (χ3v) is 5.81. The molecule has 124 valence electrons. The number of hydrogen-bond donors (Lipinski definition) is 1. The Kier molecular flexibility index (Phi) is 4.34. The maximum absolute atomic E-state index is 13.0. The summed E-state index contributed by atoms with van der Waals surface area (Å²) in [4.78, 5) is 12.0. The van der Waals surface area contributed by atoms with E-state index in [0.717, 1.165) is 0 Å². The number of para-hydroxylation sites is 1. The first-order valence-electron chi connectivity index (χ1n) is 7.22. The highest BCUT2D eigenvalue weighted by Gasteiger charge is 2.23. The zero-order chi connectivity index (χ0) is 17.3. The van der Waals surface area contributed by atoms with E-state index in [9.17, 15) is 13.2 Å². The standard InChI is InChI=1S/C17H15ClN2O3S/c1-19-17(21)11-20-10-16(14-4-2-3-5-15(14)20)24(22,23)13-8-6-12(18)7-9-13/h2-10H,11H2,1H3,(H,19,21). The van der Waals surface area contributed by atoms with Crippen LogP contribution in [0.3, 0.4) is 0 Å². The summed E-state index contributed by atoms with van der Waals surface area (Å²) in [6.45, 7) is 0.0488. The number of aromatic nitrogens is 1. The van der Waals surface area contributed by atoms with E-state index in [2.05, 4.69) is 5.32 Å². The average Bonchev–Trinajstić information content (AvgIpc) is 2.95. The number of amides is 1. The van der Waals surface area contributed by atoms with Crippen LogP contribution in [0.15, 0.2) is 64.5 Å². The van der Waals surface area contributed by atoms with Gasteiger partial charge < -0.3 is 9.88 Å². The van der Waals surface area contributed by atoms with E-state index in [1.807, 2.05) is 0 Å². The zero-order valence-electron chi connectivity index (χ0n) is 12.9. The Morgan fingerprint density at radius 2 is 1.79 bits per heavy atom. The van der Waals surface area contributed by atoms with E-state index in [-0.39, 0.29) is 22.2 Å². The van der Waals surface area contributed by atoms with Gasteiger partial charge in [-0.25, -0.2) is 8.42 Å². The molecule has 0 unspecified atom stereocenters. The van der Waals surface area contributed by atoms with E-state index in [1.165, 1.54) is 30.5 Å². The summed E-state index contributed by atoms with van der Waals surface area (Å²) in [6, 6.07) is 13.1. The molecule has 7 heteroatoms. The van der Waals surface area contributed by atoms with Gasteiger partial charge in [0.15, 0.2) is 0 Å². The van der Waals surface area contributed by atoms with Crippen LogP contribution in [-0.2, 0) is 21.2 Å². The predicted molar refractivity (Wildman–Crippen MR) is 92.9 cm³/mol. The number of rotatable bonds is 4. The number of halogens is 1. The Morgan fingerprint density at radius 1 is 1.12 bits per heavy atom. The molecular weight excluding hydrogens is 348 g/mol. The van der Waals surface area contributed by atoms with Crippen LogP contribution in [0.25, 0.3) is 10.9 Å². The Bertz CT molecular complexity index is 1010. The summed E-state index contributed by atoms with van der Waals surface area (Å²) >= 11 is 5.84. The minimum absolute atomic E-state index is 0.0488. The predicted octanol–water partition coefficient (Wildman–Crippen LogP) is 2.87. The van der Waals surface area contributed by atoms with Crippen molar-refractivity contribution in [3.8, 4) is 0 Å². The molecule has 2 aromatic carbocycles. The molecule has 24 heavy (non-hydrogen) atoms. The van der Waals surface area contributed by atoms with Gasteiger partial charge in [-0.1, -0.05) is 29.8 Å². The quantitative estimate of drug-likeness (QED) is 0.776. The Balaban J connectivity index is 2.19. The lowest BCUT2D eigenvalue weighted by Gasteiger charge is -2.03. The van der Waals surface area contributed by atoms with Gasteiger partial charge in [-0.05, 0) is 30.3 Å². The van der Waals surface area contributed by atoms with E-state index in [4.69, 9.17) is 11.6 Å². The van der Waals surface area contributed by atoms with Gasteiger partial charge >= 0.3 is 0 Å². The van der Waals surface area contributed by atoms with Crippen LogP contribution in [0.4, 0.5) is 0 Å². The molecule has 1 heterocycles. The summed E-state index contributed by atoms with van der Waals surface area (Å²) in [7, 11) is -2.17. The van der Waals surface area contributed by atoms with Crippen LogP contribution in [0.5, 0.6) is 0 Å². The van der Waals surface area contributed by atoms with Crippen molar-refractivity contribution in [2.24, 2.45) is 0 Å². The van der Waals surface area contributed by atoms with E-state index < -0.39 is 9.84 Å². The van der Waals surface area contributed by atoms with Gasteiger partial charge in [0.2, 0.25) is 15.7 Å². The van der Waals surface area contributed by atoms with Gasteiger partial charge in [0, 0.05) is 29.2 Å². The highest BCUT2D eigenvalue weighted by molar-refractivity contribution is 7.91. The third kappa shape index (κ3) is 2.90. The highest BCUT2D eigenvalue weighted by Crippen LogP contribution is 2.30. The number of nitrogens with one attached hydrogen (secondary N) is 1. The molecule has 3 rings (SSSR count). The number of hydrogen-bond acceptors (Lipinski definition) is 3. The smallest absolute Gasteiger partial charge is 0.239 e. The van der Waals surface area contributed by atoms with Gasteiger partial charge in [-0.15, -0.1) is 0 Å². The molecule has 0 aliphatic carbocycles. The van der Waals surface area contributed by atoms with E-state index in [1.54, 1.807) is 35.9 Å². The zero-order valence-corrected chi connectivity index (χ0v) is 14.4. The maximum Gasteiger partial charge on any atom is 0.239 e. The van der Waals surface area contributed by atoms with Crippen LogP contribution in [0.2, 0.25) is 5.02 Å². The fourth-order valence-electron chi connectivity index (χ4n) is 2.53. The monoisotopic (exact) mass is 362 g/mol. The number of likely N-dealkylation sites (N-methyl/N-ethyl adjacent to an activating group) is 1. The summed E-state index contributed by atoms with van der Waals surface area (Å²) in [5.41, 5.74) is 0.689. The molecule has 0 radical (unpaired) electrons. The Labute approximate surface area is 144 Å². The second kappa shape index (κ2) is 6.30.